The summed E-state index contributed by atoms with van der Waals surface area (Å²) in [6, 6.07) is 8.98. The van der Waals surface area contributed by atoms with E-state index < -0.39 is 29.3 Å². The molecule has 4 N–H and O–H groups in total. The second-order valence-electron chi connectivity index (χ2n) is 8.55. The lowest BCUT2D eigenvalue weighted by molar-refractivity contribution is -0.155. The van der Waals surface area contributed by atoms with Crippen molar-refractivity contribution in [3.8, 4) is 5.75 Å². The molecule has 0 radical (unpaired) electrons. The summed E-state index contributed by atoms with van der Waals surface area (Å²) in [4.78, 5) is 23.4. The van der Waals surface area contributed by atoms with Gasteiger partial charge >= 0.3 is 11.9 Å². The van der Waals surface area contributed by atoms with Gasteiger partial charge in [-0.05, 0) is 48.9 Å². The summed E-state index contributed by atoms with van der Waals surface area (Å²) in [7, 11) is 0. The molecular formula is C24H24ClNO6S. The molecule has 4 rings (SSSR count). The van der Waals surface area contributed by atoms with Gasteiger partial charge in [0, 0.05) is 11.8 Å². The van der Waals surface area contributed by atoms with Crippen molar-refractivity contribution in [1.82, 2.24) is 0 Å². The molecule has 1 fully saturated rings. The largest absolute Gasteiger partial charge is 0.490 e. The average molecular weight is 490 g/mol. The minimum atomic E-state index is -1.68. The molecule has 1 aliphatic rings. The van der Waals surface area contributed by atoms with Gasteiger partial charge < -0.3 is 25.1 Å². The number of fused-ring (bicyclic) bond motifs is 2. The van der Waals surface area contributed by atoms with Crippen LogP contribution in [0.4, 0.5) is 0 Å². The summed E-state index contributed by atoms with van der Waals surface area (Å²) < 4.78 is 12.5. The summed E-state index contributed by atoms with van der Waals surface area (Å²) in [5.41, 5.74) is 6.17. The maximum atomic E-state index is 12.2. The molecule has 174 valence electrons. The van der Waals surface area contributed by atoms with Crippen LogP contribution in [-0.2, 0) is 16.0 Å². The zero-order valence-electron chi connectivity index (χ0n) is 18.0. The van der Waals surface area contributed by atoms with Gasteiger partial charge in [0.1, 0.15) is 11.1 Å². The Hall–Kier alpha value is -2.68. The summed E-state index contributed by atoms with van der Waals surface area (Å²) in [5, 5.41) is 20.6. The van der Waals surface area contributed by atoms with E-state index in [-0.39, 0.29) is 24.3 Å². The van der Waals surface area contributed by atoms with Crippen LogP contribution < -0.4 is 10.5 Å². The van der Waals surface area contributed by atoms with Gasteiger partial charge in [0.15, 0.2) is 11.3 Å². The molecule has 1 aliphatic carbocycles. The molecule has 0 amide bonds. The van der Waals surface area contributed by atoms with Crippen molar-refractivity contribution in [3.05, 3.63) is 45.4 Å². The van der Waals surface area contributed by atoms with Crippen LogP contribution in [0.25, 0.3) is 21.9 Å². The summed E-state index contributed by atoms with van der Waals surface area (Å²) in [6.07, 6.45) is 1.06. The standard InChI is InChI=1S/C24H24ClNO6S/c1-2-7-31-17-10-13(11-24(26,23(29)30)14-8-12(9-14)22(27)28)19(25)18-20(17)32-16-6-4-3-5-15(16)21(18)33/h3-6,10,12,14H,2,7-9,11,26H2,1H3,(H,27,28)(H,29,30)/t12-,14-,24?. The number of carboxylic acids is 2. The first-order chi connectivity index (χ1) is 15.7. The quantitative estimate of drug-likeness (QED) is 0.291. The molecular weight excluding hydrogens is 466 g/mol. The van der Waals surface area contributed by atoms with E-state index in [1.54, 1.807) is 12.1 Å². The maximum absolute atomic E-state index is 12.2. The van der Waals surface area contributed by atoms with Gasteiger partial charge in [0.2, 0.25) is 0 Å². The number of hydrogen-bond acceptors (Lipinski definition) is 6. The van der Waals surface area contributed by atoms with Crippen LogP contribution >= 0.6 is 23.8 Å². The van der Waals surface area contributed by atoms with Gasteiger partial charge in [-0.3, -0.25) is 9.59 Å². The number of ether oxygens (including phenoxy) is 1. The predicted molar refractivity (Wildman–Crippen MR) is 127 cm³/mol. The van der Waals surface area contributed by atoms with Crippen molar-refractivity contribution in [1.29, 1.82) is 0 Å². The molecule has 7 nitrogen and oxygen atoms in total. The first kappa shape index (κ1) is 23.5. The van der Waals surface area contributed by atoms with Crippen molar-refractivity contribution in [2.75, 3.05) is 6.61 Å². The normalized spacial score (nSPS) is 19.7. The molecule has 1 atom stereocenters. The van der Waals surface area contributed by atoms with Gasteiger partial charge in [-0.2, -0.15) is 0 Å². The Morgan fingerprint density at radius 2 is 2.00 bits per heavy atom. The smallest absolute Gasteiger partial charge is 0.324 e. The number of benzene rings is 2. The Bertz CT molecular complexity index is 1320. The zero-order chi connectivity index (χ0) is 23.9. The number of nitrogens with two attached hydrogens (primary N) is 1. The van der Waals surface area contributed by atoms with E-state index in [1.165, 1.54) is 0 Å². The summed E-state index contributed by atoms with van der Waals surface area (Å²) in [5.74, 6) is -2.82. The molecule has 0 aliphatic heterocycles. The third-order valence-electron chi connectivity index (χ3n) is 6.39. The highest BCUT2D eigenvalue weighted by atomic mass is 35.5. The lowest BCUT2D eigenvalue weighted by Gasteiger charge is -2.43. The van der Waals surface area contributed by atoms with Crippen LogP contribution in [0.3, 0.4) is 0 Å². The zero-order valence-corrected chi connectivity index (χ0v) is 19.5. The molecule has 0 saturated heterocycles. The number of rotatable bonds is 8. The Morgan fingerprint density at radius 3 is 2.64 bits per heavy atom. The molecule has 2 aromatic carbocycles. The lowest BCUT2D eigenvalue weighted by Crippen LogP contribution is -2.60. The van der Waals surface area contributed by atoms with Gasteiger partial charge in [-0.25, -0.2) is 0 Å². The number of carboxylic acid groups (broad SMARTS) is 2. The number of aliphatic carboxylic acids is 2. The van der Waals surface area contributed by atoms with Crippen LogP contribution in [0.15, 0.2) is 34.7 Å². The SMILES string of the molecule is CCCOc1cc(CC(N)(C(=O)O)[C@H]2C[C@H](C(=O)O)C2)c(Cl)c2c(=S)c3ccccc3oc12. The Kier molecular flexibility index (Phi) is 6.35. The molecule has 3 aromatic rings. The van der Waals surface area contributed by atoms with Crippen molar-refractivity contribution in [2.24, 2.45) is 17.6 Å². The van der Waals surface area contributed by atoms with E-state index in [0.717, 1.165) is 6.42 Å². The minimum Gasteiger partial charge on any atom is -0.490 e. The van der Waals surface area contributed by atoms with Crippen LogP contribution in [-0.4, -0.2) is 34.3 Å². The van der Waals surface area contributed by atoms with Crippen molar-refractivity contribution in [3.63, 3.8) is 0 Å². The average Bonchev–Trinajstić information content (AvgIpc) is 2.73. The van der Waals surface area contributed by atoms with Crippen LogP contribution in [0, 0.1) is 16.3 Å². The van der Waals surface area contributed by atoms with Crippen molar-refractivity contribution >= 4 is 57.7 Å². The van der Waals surface area contributed by atoms with E-state index in [1.807, 2.05) is 25.1 Å². The maximum Gasteiger partial charge on any atom is 0.324 e. The van der Waals surface area contributed by atoms with Gasteiger partial charge in [0.05, 0.1) is 27.4 Å². The summed E-state index contributed by atoms with van der Waals surface area (Å²) >= 11 is 12.5. The first-order valence-corrected chi connectivity index (χ1v) is 11.5. The molecule has 9 heteroatoms. The predicted octanol–water partition coefficient (Wildman–Crippen LogP) is 5.19. The fourth-order valence-corrected chi connectivity index (χ4v) is 5.08. The lowest BCUT2D eigenvalue weighted by atomic mass is 9.63. The van der Waals surface area contributed by atoms with E-state index in [2.05, 4.69) is 0 Å². The van der Waals surface area contributed by atoms with E-state index >= 15 is 0 Å². The van der Waals surface area contributed by atoms with Crippen LogP contribution in [0.5, 0.6) is 5.75 Å². The van der Waals surface area contributed by atoms with Crippen LogP contribution in [0.2, 0.25) is 5.02 Å². The number of para-hydroxylation sites is 1. The topological polar surface area (TPSA) is 123 Å². The highest BCUT2D eigenvalue weighted by Crippen LogP contribution is 2.44. The van der Waals surface area contributed by atoms with Crippen LogP contribution in [0.1, 0.15) is 31.7 Å². The van der Waals surface area contributed by atoms with Crippen molar-refractivity contribution in [2.45, 2.75) is 38.1 Å². The van der Waals surface area contributed by atoms with Gasteiger partial charge in [-0.15, -0.1) is 0 Å². The number of carbonyl (C=O) groups is 2. The fourth-order valence-electron chi connectivity index (χ4n) is 4.36. The number of halogens is 1. The Morgan fingerprint density at radius 1 is 1.30 bits per heavy atom. The van der Waals surface area contributed by atoms with Crippen molar-refractivity contribution < 1.29 is 29.0 Å². The van der Waals surface area contributed by atoms with Gasteiger partial charge in [0.25, 0.3) is 0 Å². The molecule has 0 bridgehead atoms. The van der Waals surface area contributed by atoms with E-state index in [4.69, 9.17) is 38.7 Å². The molecule has 33 heavy (non-hydrogen) atoms. The monoisotopic (exact) mass is 489 g/mol. The molecule has 0 spiro atoms. The molecule has 1 saturated carbocycles. The Labute approximate surface area is 200 Å². The Balaban J connectivity index is 1.86. The van der Waals surface area contributed by atoms with E-state index in [0.29, 0.717) is 44.4 Å². The molecule has 1 heterocycles. The van der Waals surface area contributed by atoms with Gasteiger partial charge in [-0.1, -0.05) is 42.9 Å². The molecule has 1 aromatic heterocycles. The van der Waals surface area contributed by atoms with E-state index in [9.17, 15) is 19.8 Å². The third-order valence-corrected chi connectivity index (χ3v) is 7.24. The summed E-state index contributed by atoms with van der Waals surface area (Å²) in [6.45, 7) is 2.38. The molecule has 1 unspecified atom stereocenters. The second kappa shape index (κ2) is 8.93. The number of hydrogen-bond donors (Lipinski definition) is 3. The highest BCUT2D eigenvalue weighted by Gasteiger charge is 2.51. The highest BCUT2D eigenvalue weighted by molar-refractivity contribution is 7.72. The first-order valence-electron chi connectivity index (χ1n) is 10.7. The second-order valence-corrected chi connectivity index (χ2v) is 9.34. The minimum absolute atomic E-state index is 0.0990. The fraction of sp³-hybridized carbons (Fsp3) is 0.375. The third kappa shape index (κ3) is 4.07.